The van der Waals surface area contributed by atoms with Crippen LogP contribution in [0.25, 0.3) is 11.3 Å². The highest BCUT2D eigenvalue weighted by atomic mass is 19.4. The zero-order valence-corrected chi connectivity index (χ0v) is 16.2. The van der Waals surface area contributed by atoms with Crippen molar-refractivity contribution in [2.24, 2.45) is 0 Å². The molecule has 160 valence electrons. The zero-order chi connectivity index (χ0) is 22.2. The molecule has 31 heavy (non-hydrogen) atoms. The molecule has 1 N–H and O–H groups in total. The number of rotatable bonds is 2. The van der Waals surface area contributed by atoms with E-state index in [1.165, 1.54) is 29.3 Å². The van der Waals surface area contributed by atoms with Crippen LogP contribution in [-0.2, 0) is 6.18 Å². The second kappa shape index (κ2) is 7.86. The largest absolute Gasteiger partial charge is 0.488 e. The summed E-state index contributed by atoms with van der Waals surface area (Å²) >= 11 is 0. The van der Waals surface area contributed by atoms with Crippen molar-refractivity contribution in [2.75, 3.05) is 23.4 Å². The van der Waals surface area contributed by atoms with Gasteiger partial charge in [-0.25, -0.2) is 14.2 Å². The minimum absolute atomic E-state index is 0.0567. The van der Waals surface area contributed by atoms with Crippen molar-refractivity contribution in [1.29, 1.82) is 0 Å². The van der Waals surface area contributed by atoms with E-state index in [1.807, 2.05) is 0 Å². The maximum atomic E-state index is 13.9. The van der Waals surface area contributed by atoms with Crippen molar-refractivity contribution in [3.8, 4) is 17.0 Å². The lowest BCUT2D eigenvalue weighted by molar-refractivity contribution is -0.137. The predicted molar refractivity (Wildman–Crippen MR) is 105 cm³/mol. The van der Waals surface area contributed by atoms with Crippen LogP contribution in [0.3, 0.4) is 0 Å². The quantitative estimate of drug-likeness (QED) is 0.576. The van der Waals surface area contributed by atoms with Gasteiger partial charge >= 0.3 is 12.2 Å². The fraction of sp³-hybridized carbons (Fsp3) is 0.190. The lowest BCUT2D eigenvalue weighted by Crippen LogP contribution is -2.41. The van der Waals surface area contributed by atoms with Crippen LogP contribution in [0, 0.1) is 12.7 Å². The molecule has 0 bridgehead atoms. The molecular formula is C21H16F4N4O2. The Morgan fingerprint density at radius 3 is 2.77 bits per heavy atom. The Kier molecular flexibility index (Phi) is 5.22. The molecule has 0 saturated carbocycles. The SMILES string of the molecule is Cc1cc(-c2cccc(C(F)(F)F)c2)nc2c1OCCN2C(=O)Nc1ccncc1F. The van der Waals surface area contributed by atoms with Gasteiger partial charge in [0.25, 0.3) is 0 Å². The summed E-state index contributed by atoms with van der Waals surface area (Å²) in [6.45, 7) is 2.02. The first-order chi connectivity index (χ1) is 14.7. The Bertz CT molecular complexity index is 1150. The third kappa shape index (κ3) is 4.14. The number of alkyl halides is 3. The van der Waals surface area contributed by atoms with Gasteiger partial charge in [-0.2, -0.15) is 13.2 Å². The van der Waals surface area contributed by atoms with Gasteiger partial charge in [-0.05, 0) is 36.8 Å². The summed E-state index contributed by atoms with van der Waals surface area (Å²) in [6, 6.07) is 7.02. The molecular weight excluding hydrogens is 416 g/mol. The van der Waals surface area contributed by atoms with Crippen LogP contribution in [0.4, 0.5) is 33.9 Å². The lowest BCUT2D eigenvalue weighted by atomic mass is 10.1. The molecule has 2 aromatic heterocycles. The van der Waals surface area contributed by atoms with Gasteiger partial charge in [0.05, 0.1) is 29.7 Å². The molecule has 0 saturated heterocycles. The molecule has 1 aliphatic heterocycles. The standard InChI is InChI=1S/C21H16F4N4O2/c1-12-9-17(13-3-2-4-14(10-13)21(23,24)25)27-19-18(12)31-8-7-29(19)20(30)28-16-5-6-26-11-15(16)22/h2-6,9-11H,7-8H2,1H3,(H,26,28,30). The topological polar surface area (TPSA) is 67.3 Å². The van der Waals surface area contributed by atoms with E-state index in [0.717, 1.165) is 18.3 Å². The van der Waals surface area contributed by atoms with Gasteiger partial charge < -0.3 is 10.1 Å². The van der Waals surface area contributed by atoms with E-state index >= 15 is 0 Å². The van der Waals surface area contributed by atoms with E-state index in [-0.39, 0.29) is 35.9 Å². The fourth-order valence-electron chi connectivity index (χ4n) is 3.21. The van der Waals surface area contributed by atoms with Crippen LogP contribution in [-0.4, -0.2) is 29.2 Å². The molecule has 0 spiro atoms. The van der Waals surface area contributed by atoms with Crippen molar-refractivity contribution >= 4 is 17.5 Å². The monoisotopic (exact) mass is 432 g/mol. The van der Waals surface area contributed by atoms with Gasteiger partial charge in [0, 0.05) is 11.8 Å². The molecule has 3 heterocycles. The molecule has 10 heteroatoms. The summed E-state index contributed by atoms with van der Waals surface area (Å²) < 4.78 is 58.8. The number of aryl methyl sites for hydroxylation is 1. The number of carbonyl (C=O) groups is 1. The molecule has 0 unspecified atom stereocenters. The molecule has 1 aliphatic rings. The Labute approximate surface area is 174 Å². The van der Waals surface area contributed by atoms with Crippen LogP contribution in [0.1, 0.15) is 11.1 Å². The molecule has 1 aromatic carbocycles. The minimum atomic E-state index is -4.50. The number of halogens is 4. The number of benzene rings is 1. The Hall–Kier alpha value is -3.69. The van der Waals surface area contributed by atoms with E-state index in [2.05, 4.69) is 15.3 Å². The first-order valence-electron chi connectivity index (χ1n) is 9.24. The van der Waals surface area contributed by atoms with Crippen molar-refractivity contribution in [1.82, 2.24) is 9.97 Å². The first kappa shape index (κ1) is 20.6. The highest BCUT2D eigenvalue weighted by Crippen LogP contribution is 2.38. The molecule has 0 fully saturated rings. The number of hydrogen-bond acceptors (Lipinski definition) is 4. The van der Waals surface area contributed by atoms with Gasteiger partial charge in [-0.15, -0.1) is 0 Å². The molecule has 0 atom stereocenters. The van der Waals surface area contributed by atoms with E-state index in [9.17, 15) is 22.4 Å². The number of nitrogens with zero attached hydrogens (tertiary/aromatic N) is 3. The number of hydrogen-bond donors (Lipinski definition) is 1. The molecule has 3 aromatic rings. The smallest absolute Gasteiger partial charge is 0.416 e. The maximum absolute atomic E-state index is 13.9. The van der Waals surface area contributed by atoms with Crippen LogP contribution in [0.15, 0.2) is 48.8 Å². The lowest BCUT2D eigenvalue weighted by Gasteiger charge is -2.30. The van der Waals surface area contributed by atoms with Crippen molar-refractivity contribution < 1.29 is 27.1 Å². The number of nitrogens with one attached hydrogen (secondary N) is 1. The molecule has 4 rings (SSSR count). The number of carbonyl (C=O) groups excluding carboxylic acids is 1. The van der Waals surface area contributed by atoms with E-state index in [4.69, 9.17) is 4.74 Å². The molecule has 0 aliphatic carbocycles. The summed E-state index contributed by atoms with van der Waals surface area (Å²) in [4.78, 5) is 22.1. The summed E-state index contributed by atoms with van der Waals surface area (Å²) in [5.74, 6) is -0.218. The van der Waals surface area contributed by atoms with E-state index in [0.29, 0.717) is 11.3 Å². The number of pyridine rings is 2. The van der Waals surface area contributed by atoms with Crippen molar-refractivity contribution in [3.63, 3.8) is 0 Å². The van der Waals surface area contributed by atoms with Crippen LogP contribution in [0.2, 0.25) is 0 Å². The normalized spacial score (nSPS) is 13.4. The number of urea groups is 1. The van der Waals surface area contributed by atoms with Crippen molar-refractivity contribution in [3.05, 3.63) is 65.7 Å². The molecule has 6 nitrogen and oxygen atoms in total. The number of amides is 2. The van der Waals surface area contributed by atoms with E-state index < -0.39 is 23.6 Å². The van der Waals surface area contributed by atoms with Crippen LogP contribution < -0.4 is 15.0 Å². The highest BCUT2D eigenvalue weighted by molar-refractivity contribution is 6.02. The second-order valence-electron chi connectivity index (χ2n) is 6.84. The Morgan fingerprint density at radius 1 is 1.23 bits per heavy atom. The molecule has 0 radical (unpaired) electrons. The minimum Gasteiger partial charge on any atom is -0.488 e. The predicted octanol–water partition coefficient (Wildman–Crippen LogP) is 5.04. The fourth-order valence-corrected chi connectivity index (χ4v) is 3.21. The van der Waals surface area contributed by atoms with Gasteiger partial charge in [-0.1, -0.05) is 12.1 Å². The average Bonchev–Trinajstić information content (AvgIpc) is 2.74. The summed E-state index contributed by atoms with van der Waals surface area (Å²) in [5, 5.41) is 2.46. The number of fused-ring (bicyclic) bond motifs is 1. The Balaban J connectivity index is 1.72. The highest BCUT2D eigenvalue weighted by Gasteiger charge is 2.31. The van der Waals surface area contributed by atoms with Gasteiger partial charge in [-0.3, -0.25) is 9.88 Å². The number of anilines is 2. The number of ether oxygens (including phenoxy) is 1. The molecule has 2 amide bonds. The van der Waals surface area contributed by atoms with Gasteiger partial charge in [0.1, 0.15) is 6.61 Å². The zero-order valence-electron chi connectivity index (χ0n) is 16.2. The number of aromatic nitrogens is 2. The van der Waals surface area contributed by atoms with Gasteiger partial charge in [0.15, 0.2) is 17.4 Å². The summed E-state index contributed by atoms with van der Waals surface area (Å²) in [7, 11) is 0. The third-order valence-corrected chi connectivity index (χ3v) is 4.70. The summed E-state index contributed by atoms with van der Waals surface area (Å²) in [5.41, 5.74) is 0.234. The maximum Gasteiger partial charge on any atom is 0.416 e. The third-order valence-electron chi connectivity index (χ3n) is 4.70. The Morgan fingerprint density at radius 2 is 2.03 bits per heavy atom. The van der Waals surface area contributed by atoms with Crippen molar-refractivity contribution in [2.45, 2.75) is 13.1 Å². The summed E-state index contributed by atoms with van der Waals surface area (Å²) in [6.07, 6.45) is -2.19. The average molecular weight is 432 g/mol. The van der Waals surface area contributed by atoms with Gasteiger partial charge in [0.2, 0.25) is 0 Å². The second-order valence-corrected chi connectivity index (χ2v) is 6.84. The first-order valence-corrected chi connectivity index (χ1v) is 9.24. The van der Waals surface area contributed by atoms with E-state index in [1.54, 1.807) is 13.0 Å². The van der Waals surface area contributed by atoms with Crippen LogP contribution in [0.5, 0.6) is 5.75 Å². The van der Waals surface area contributed by atoms with Crippen LogP contribution >= 0.6 is 0 Å².